The van der Waals surface area contributed by atoms with Gasteiger partial charge in [0.25, 0.3) is 0 Å². The summed E-state index contributed by atoms with van der Waals surface area (Å²) in [6.07, 6.45) is 82.2. The summed E-state index contributed by atoms with van der Waals surface area (Å²) in [5.74, 6) is -0.0272. The summed E-state index contributed by atoms with van der Waals surface area (Å²) in [4.78, 5) is 24.6. The summed E-state index contributed by atoms with van der Waals surface area (Å²) in [6, 6.07) is -0.543. The number of hydrogen-bond acceptors (Lipinski definition) is 5. The molecule has 1 amide bonds. The molecule has 0 radical (unpaired) electrons. The van der Waals surface area contributed by atoms with E-state index < -0.39 is 12.1 Å². The van der Waals surface area contributed by atoms with Gasteiger partial charge in [-0.2, -0.15) is 0 Å². The summed E-state index contributed by atoms with van der Waals surface area (Å²) in [6.45, 7) is 4.97. The molecule has 0 aromatic rings. The Hall–Kier alpha value is -1.66. The number of allylic oxidation sites excluding steroid dienone is 4. The highest BCUT2D eigenvalue weighted by molar-refractivity contribution is 5.76. The van der Waals surface area contributed by atoms with Crippen LogP contribution in [0.5, 0.6) is 0 Å². The van der Waals surface area contributed by atoms with Gasteiger partial charge >= 0.3 is 5.97 Å². The van der Waals surface area contributed by atoms with Crippen molar-refractivity contribution in [3.8, 4) is 0 Å². The third-order valence-corrected chi connectivity index (χ3v) is 16.2. The number of aliphatic hydroxyl groups excluding tert-OH is 2. The standard InChI is InChI=1S/C70H135NO5/c1-3-5-7-9-11-13-15-17-18-19-20-29-32-35-39-42-46-50-54-58-62-68(73)67(66-72)71-69(74)63-59-55-51-47-43-40-36-33-30-27-25-23-21-22-24-26-28-31-34-37-41-45-49-53-57-61-65-76-70(75)64-60-56-52-48-44-38-16-14-12-10-8-6-4-2/h14,16,21,23,67-68,72-73H,3-13,15,17-20,22,24-66H2,1-2H3,(H,71,74)/b16-14-,23-21-. The number of amides is 1. The van der Waals surface area contributed by atoms with E-state index in [4.69, 9.17) is 4.74 Å². The topological polar surface area (TPSA) is 95.9 Å². The Bertz CT molecular complexity index is 1190. The predicted octanol–water partition coefficient (Wildman–Crippen LogP) is 22.1. The van der Waals surface area contributed by atoms with Crippen molar-refractivity contribution >= 4 is 11.9 Å². The highest BCUT2D eigenvalue weighted by Crippen LogP contribution is 2.19. The molecule has 0 saturated carbocycles. The van der Waals surface area contributed by atoms with E-state index in [1.807, 2.05) is 0 Å². The third kappa shape index (κ3) is 61.6. The van der Waals surface area contributed by atoms with Crippen LogP contribution in [-0.4, -0.2) is 47.4 Å². The van der Waals surface area contributed by atoms with Crippen LogP contribution in [0.4, 0.5) is 0 Å². The van der Waals surface area contributed by atoms with Gasteiger partial charge in [0.15, 0.2) is 0 Å². The van der Waals surface area contributed by atoms with E-state index in [0.717, 1.165) is 44.9 Å². The maximum atomic E-state index is 12.5. The number of ether oxygens (including phenoxy) is 1. The predicted molar refractivity (Wildman–Crippen MR) is 333 cm³/mol. The molecule has 0 saturated heterocycles. The number of esters is 1. The maximum Gasteiger partial charge on any atom is 0.305 e. The highest BCUT2D eigenvalue weighted by Gasteiger charge is 2.20. The number of unbranched alkanes of at least 4 members (excludes halogenated alkanes) is 50. The highest BCUT2D eigenvalue weighted by atomic mass is 16.5. The number of rotatable bonds is 65. The molecule has 0 aliphatic heterocycles. The Morgan fingerprint density at radius 1 is 0.355 bits per heavy atom. The summed E-state index contributed by atoms with van der Waals surface area (Å²) < 4.78 is 5.48. The molecule has 6 heteroatoms. The molecule has 2 atom stereocenters. The molecule has 0 aromatic carbocycles. The van der Waals surface area contributed by atoms with Crippen molar-refractivity contribution in [2.75, 3.05) is 13.2 Å². The second kappa shape index (κ2) is 65.9. The van der Waals surface area contributed by atoms with Gasteiger partial charge in [-0.1, -0.05) is 321 Å². The monoisotopic (exact) mass is 1070 g/mol. The molecule has 76 heavy (non-hydrogen) atoms. The fraction of sp³-hybridized carbons (Fsp3) is 0.914. The van der Waals surface area contributed by atoms with Gasteiger partial charge in [0, 0.05) is 12.8 Å². The molecule has 6 nitrogen and oxygen atoms in total. The van der Waals surface area contributed by atoms with Gasteiger partial charge in [-0.25, -0.2) is 0 Å². The van der Waals surface area contributed by atoms with Crippen molar-refractivity contribution in [3.63, 3.8) is 0 Å². The Morgan fingerprint density at radius 3 is 0.947 bits per heavy atom. The number of aliphatic hydroxyl groups is 2. The Balaban J connectivity index is 3.39. The average Bonchev–Trinajstić information content (AvgIpc) is 3.42. The lowest BCUT2D eigenvalue weighted by atomic mass is 10.0. The zero-order valence-corrected chi connectivity index (χ0v) is 51.5. The first kappa shape index (κ1) is 74.3. The first-order valence-corrected chi connectivity index (χ1v) is 34.6. The van der Waals surface area contributed by atoms with Crippen molar-refractivity contribution in [2.24, 2.45) is 0 Å². The first-order chi connectivity index (χ1) is 37.5. The van der Waals surface area contributed by atoms with Gasteiger partial charge in [-0.15, -0.1) is 0 Å². The Labute approximate surface area is 475 Å². The van der Waals surface area contributed by atoms with Crippen LogP contribution in [0, 0.1) is 0 Å². The molecule has 3 N–H and O–H groups in total. The summed E-state index contributed by atoms with van der Waals surface area (Å²) in [5.41, 5.74) is 0. The second-order valence-electron chi connectivity index (χ2n) is 23.9. The molecular formula is C70H135NO5. The van der Waals surface area contributed by atoms with Gasteiger partial charge in [0.2, 0.25) is 5.91 Å². The van der Waals surface area contributed by atoms with E-state index in [0.29, 0.717) is 25.9 Å². The van der Waals surface area contributed by atoms with Crippen LogP contribution < -0.4 is 5.32 Å². The zero-order valence-electron chi connectivity index (χ0n) is 51.5. The average molecular weight is 1070 g/mol. The number of carbonyl (C=O) groups excluding carboxylic acids is 2. The van der Waals surface area contributed by atoms with Crippen LogP contribution in [-0.2, 0) is 14.3 Å². The molecule has 2 unspecified atom stereocenters. The molecule has 0 rings (SSSR count). The molecule has 0 aliphatic rings. The van der Waals surface area contributed by atoms with Gasteiger partial charge in [-0.3, -0.25) is 9.59 Å². The SMILES string of the molecule is CCCCCC/C=C\CCCCCCCC(=O)OCCCCCCCCCCCCCC/C=C\CCCCCCCCCCCCC(=O)NC(CO)C(O)CCCCCCCCCCCCCCCCCCCCCC. The maximum absolute atomic E-state index is 12.5. The van der Waals surface area contributed by atoms with E-state index in [1.165, 1.54) is 308 Å². The van der Waals surface area contributed by atoms with Crippen LogP contribution in [0.15, 0.2) is 24.3 Å². The summed E-state index contributed by atoms with van der Waals surface area (Å²) in [7, 11) is 0. The fourth-order valence-electron chi connectivity index (χ4n) is 10.9. The van der Waals surface area contributed by atoms with Crippen molar-refractivity contribution in [2.45, 2.75) is 398 Å². The molecule has 0 fully saturated rings. The fourth-order valence-corrected chi connectivity index (χ4v) is 10.9. The van der Waals surface area contributed by atoms with Crippen molar-refractivity contribution in [3.05, 3.63) is 24.3 Å². The van der Waals surface area contributed by atoms with Crippen LogP contribution in [0.2, 0.25) is 0 Å². The lowest BCUT2D eigenvalue weighted by Crippen LogP contribution is -2.45. The summed E-state index contributed by atoms with van der Waals surface area (Å²) in [5, 5.41) is 23.4. The van der Waals surface area contributed by atoms with Gasteiger partial charge < -0.3 is 20.3 Å². The third-order valence-electron chi connectivity index (χ3n) is 16.2. The minimum absolute atomic E-state index is 0.00571. The van der Waals surface area contributed by atoms with E-state index >= 15 is 0 Å². The van der Waals surface area contributed by atoms with Gasteiger partial charge in [0.1, 0.15) is 0 Å². The normalized spacial score (nSPS) is 12.6. The smallest absolute Gasteiger partial charge is 0.305 e. The largest absolute Gasteiger partial charge is 0.466 e. The van der Waals surface area contributed by atoms with Gasteiger partial charge in [-0.05, 0) is 77.0 Å². The number of hydrogen-bond donors (Lipinski definition) is 3. The quantitative estimate of drug-likeness (QED) is 0.0320. The van der Waals surface area contributed by atoms with E-state index in [2.05, 4.69) is 43.5 Å². The Kier molecular flexibility index (Phi) is 64.4. The lowest BCUT2D eigenvalue weighted by Gasteiger charge is -2.22. The molecule has 0 aromatic heterocycles. The van der Waals surface area contributed by atoms with E-state index in [9.17, 15) is 19.8 Å². The van der Waals surface area contributed by atoms with Crippen LogP contribution >= 0.6 is 0 Å². The van der Waals surface area contributed by atoms with Crippen molar-refractivity contribution in [1.82, 2.24) is 5.32 Å². The molecule has 450 valence electrons. The number of carbonyl (C=O) groups is 2. The van der Waals surface area contributed by atoms with Crippen molar-refractivity contribution < 1.29 is 24.5 Å². The lowest BCUT2D eigenvalue weighted by molar-refractivity contribution is -0.143. The van der Waals surface area contributed by atoms with Gasteiger partial charge in [0.05, 0.1) is 25.4 Å². The molecule has 0 aliphatic carbocycles. The van der Waals surface area contributed by atoms with Crippen molar-refractivity contribution in [1.29, 1.82) is 0 Å². The zero-order chi connectivity index (χ0) is 55.0. The summed E-state index contributed by atoms with van der Waals surface area (Å²) >= 11 is 0. The molecule has 0 heterocycles. The van der Waals surface area contributed by atoms with E-state index in [-0.39, 0.29) is 18.5 Å². The Morgan fingerprint density at radius 2 is 0.618 bits per heavy atom. The molecule has 0 bridgehead atoms. The number of nitrogens with one attached hydrogen (secondary N) is 1. The van der Waals surface area contributed by atoms with Crippen LogP contribution in [0.1, 0.15) is 386 Å². The van der Waals surface area contributed by atoms with E-state index in [1.54, 1.807) is 0 Å². The minimum atomic E-state index is -0.666. The minimum Gasteiger partial charge on any atom is -0.466 e. The molecular weight excluding hydrogens is 935 g/mol. The van der Waals surface area contributed by atoms with Crippen LogP contribution in [0.25, 0.3) is 0 Å². The second-order valence-corrected chi connectivity index (χ2v) is 23.9. The molecule has 0 spiro atoms. The first-order valence-electron chi connectivity index (χ1n) is 34.6. The van der Waals surface area contributed by atoms with Crippen LogP contribution in [0.3, 0.4) is 0 Å².